The van der Waals surface area contributed by atoms with Crippen molar-refractivity contribution < 1.29 is 0 Å². The van der Waals surface area contributed by atoms with Crippen LogP contribution in [0.5, 0.6) is 0 Å². The van der Waals surface area contributed by atoms with Crippen molar-refractivity contribution in [3.05, 3.63) is 23.8 Å². The topological polar surface area (TPSA) is 0 Å². The van der Waals surface area contributed by atoms with Crippen molar-refractivity contribution in [3.63, 3.8) is 0 Å². The van der Waals surface area contributed by atoms with Gasteiger partial charge in [-0.15, -0.1) is 11.6 Å². The molecule has 0 fully saturated rings. The van der Waals surface area contributed by atoms with E-state index in [1.54, 1.807) is 0 Å². The van der Waals surface area contributed by atoms with Gasteiger partial charge < -0.3 is 0 Å². The van der Waals surface area contributed by atoms with Crippen LogP contribution >= 0.6 is 11.6 Å². The van der Waals surface area contributed by atoms with Crippen molar-refractivity contribution in [2.24, 2.45) is 5.92 Å². The van der Waals surface area contributed by atoms with Crippen molar-refractivity contribution in [2.75, 3.05) is 5.88 Å². The highest BCUT2D eigenvalue weighted by atomic mass is 35.5. The molecule has 62 valence electrons. The van der Waals surface area contributed by atoms with Crippen molar-refractivity contribution in [1.29, 1.82) is 0 Å². The minimum Gasteiger partial charge on any atom is -0.122 e. The average Bonchev–Trinajstić information content (AvgIpc) is 2.05. The molecule has 1 rings (SSSR count). The maximum atomic E-state index is 5.72. The van der Waals surface area contributed by atoms with E-state index in [1.807, 2.05) is 0 Å². The summed E-state index contributed by atoms with van der Waals surface area (Å²) in [6.45, 7) is 6.08. The van der Waals surface area contributed by atoms with Crippen LogP contribution in [0.25, 0.3) is 0 Å². The lowest BCUT2D eigenvalue weighted by Crippen LogP contribution is -2.06. The number of alkyl halides is 1. The lowest BCUT2D eigenvalue weighted by Gasteiger charge is -2.20. The fourth-order valence-corrected chi connectivity index (χ4v) is 1.70. The molecule has 0 aromatic rings. The van der Waals surface area contributed by atoms with Gasteiger partial charge in [0.15, 0.2) is 0 Å². The quantitative estimate of drug-likeness (QED) is 0.440. The monoisotopic (exact) mass is 170 g/mol. The highest BCUT2D eigenvalue weighted by Gasteiger charge is 2.13. The first kappa shape index (κ1) is 8.86. The normalized spacial score (nSPS) is 24.5. The molecule has 0 bridgehead atoms. The van der Waals surface area contributed by atoms with Gasteiger partial charge in [0, 0.05) is 5.88 Å². The predicted molar refractivity (Wildman–Crippen MR) is 51.0 cm³/mol. The van der Waals surface area contributed by atoms with E-state index in [4.69, 9.17) is 11.6 Å². The number of allylic oxidation sites excluding steroid dienone is 3. The standard InChI is InChI=1S/C10H15Cl/c1-8(2)10-5-3-9(7-11)4-6-10/h3,10H,1,4-7H2,2H3/t10-/m0/s1. The van der Waals surface area contributed by atoms with E-state index in [1.165, 1.54) is 24.0 Å². The van der Waals surface area contributed by atoms with E-state index >= 15 is 0 Å². The molecule has 0 aromatic heterocycles. The molecule has 0 amide bonds. The van der Waals surface area contributed by atoms with Gasteiger partial charge in [-0.2, -0.15) is 0 Å². The van der Waals surface area contributed by atoms with Crippen LogP contribution in [0.2, 0.25) is 0 Å². The number of hydrogen-bond acceptors (Lipinski definition) is 0. The maximum Gasteiger partial charge on any atom is 0.0433 e. The van der Waals surface area contributed by atoms with Gasteiger partial charge in [-0.25, -0.2) is 0 Å². The number of halogens is 1. The second-order valence-electron chi connectivity index (χ2n) is 3.31. The van der Waals surface area contributed by atoms with Gasteiger partial charge >= 0.3 is 0 Å². The van der Waals surface area contributed by atoms with Crippen molar-refractivity contribution >= 4 is 11.6 Å². The van der Waals surface area contributed by atoms with E-state index in [0.717, 1.165) is 6.42 Å². The van der Waals surface area contributed by atoms with Gasteiger partial charge in [0.25, 0.3) is 0 Å². The summed E-state index contributed by atoms with van der Waals surface area (Å²) < 4.78 is 0. The molecule has 0 saturated heterocycles. The highest BCUT2D eigenvalue weighted by Crippen LogP contribution is 2.28. The van der Waals surface area contributed by atoms with Crippen LogP contribution in [0, 0.1) is 5.92 Å². The lowest BCUT2D eigenvalue weighted by molar-refractivity contribution is 0.541. The summed E-state index contributed by atoms with van der Waals surface area (Å²) in [7, 11) is 0. The fraction of sp³-hybridized carbons (Fsp3) is 0.600. The van der Waals surface area contributed by atoms with Crippen molar-refractivity contribution in [3.8, 4) is 0 Å². The van der Waals surface area contributed by atoms with E-state index in [-0.39, 0.29) is 0 Å². The molecule has 0 aliphatic heterocycles. The Kier molecular flexibility index (Phi) is 3.19. The Balaban J connectivity index is 2.47. The molecular formula is C10H15Cl. The first-order valence-corrected chi connectivity index (χ1v) is 4.66. The molecule has 0 N–H and O–H groups in total. The summed E-state index contributed by atoms with van der Waals surface area (Å²) in [4.78, 5) is 0. The van der Waals surface area contributed by atoms with Gasteiger partial charge in [0.1, 0.15) is 0 Å². The van der Waals surface area contributed by atoms with Crippen molar-refractivity contribution in [1.82, 2.24) is 0 Å². The summed E-state index contributed by atoms with van der Waals surface area (Å²) in [6.07, 6.45) is 5.84. The SMILES string of the molecule is C=C(C)[C@H]1CC=C(CCl)CC1. The molecule has 0 radical (unpaired) electrons. The van der Waals surface area contributed by atoms with E-state index in [0.29, 0.717) is 11.8 Å². The molecule has 1 atom stereocenters. The number of rotatable bonds is 2. The third-order valence-corrected chi connectivity index (χ3v) is 2.72. The smallest absolute Gasteiger partial charge is 0.0433 e. The molecule has 0 heterocycles. The molecule has 0 unspecified atom stereocenters. The third-order valence-electron chi connectivity index (χ3n) is 2.37. The first-order chi connectivity index (χ1) is 5.24. The van der Waals surface area contributed by atoms with Gasteiger partial charge in [-0.1, -0.05) is 23.8 Å². The van der Waals surface area contributed by atoms with Gasteiger partial charge in [0.2, 0.25) is 0 Å². The molecular weight excluding hydrogens is 156 g/mol. The molecule has 0 nitrogen and oxygen atoms in total. The van der Waals surface area contributed by atoms with Crippen LogP contribution in [0.4, 0.5) is 0 Å². The summed E-state index contributed by atoms with van der Waals surface area (Å²) in [5.74, 6) is 1.42. The van der Waals surface area contributed by atoms with Crippen LogP contribution in [-0.4, -0.2) is 5.88 Å². The van der Waals surface area contributed by atoms with E-state index in [2.05, 4.69) is 19.6 Å². The van der Waals surface area contributed by atoms with E-state index in [9.17, 15) is 0 Å². The minimum atomic E-state index is 0.710. The minimum absolute atomic E-state index is 0.710. The van der Waals surface area contributed by atoms with E-state index < -0.39 is 0 Å². The Morgan fingerprint density at radius 2 is 2.55 bits per heavy atom. The Morgan fingerprint density at radius 3 is 2.91 bits per heavy atom. The molecule has 11 heavy (non-hydrogen) atoms. The van der Waals surface area contributed by atoms with Gasteiger partial charge in [-0.05, 0) is 32.1 Å². The first-order valence-electron chi connectivity index (χ1n) is 4.13. The highest BCUT2D eigenvalue weighted by molar-refractivity contribution is 6.19. The lowest BCUT2D eigenvalue weighted by atomic mass is 9.86. The molecule has 1 aliphatic carbocycles. The van der Waals surface area contributed by atoms with Gasteiger partial charge in [-0.3, -0.25) is 0 Å². The van der Waals surface area contributed by atoms with Crippen LogP contribution < -0.4 is 0 Å². The maximum absolute atomic E-state index is 5.72. The fourth-order valence-electron chi connectivity index (χ4n) is 1.46. The molecule has 0 aromatic carbocycles. The third kappa shape index (κ3) is 2.37. The zero-order chi connectivity index (χ0) is 8.27. The largest absolute Gasteiger partial charge is 0.122 e. The van der Waals surface area contributed by atoms with Gasteiger partial charge in [0.05, 0.1) is 0 Å². The average molecular weight is 171 g/mol. The zero-order valence-corrected chi connectivity index (χ0v) is 7.82. The van der Waals surface area contributed by atoms with Crippen LogP contribution in [0.3, 0.4) is 0 Å². The molecule has 0 saturated carbocycles. The van der Waals surface area contributed by atoms with Crippen LogP contribution in [0.1, 0.15) is 26.2 Å². The van der Waals surface area contributed by atoms with Crippen LogP contribution in [0.15, 0.2) is 23.8 Å². The molecule has 1 heteroatoms. The summed E-state index contributed by atoms with van der Waals surface area (Å²) in [5, 5.41) is 0. The number of hydrogen-bond donors (Lipinski definition) is 0. The van der Waals surface area contributed by atoms with Crippen LogP contribution in [-0.2, 0) is 0 Å². The Bertz CT molecular complexity index is 179. The molecule has 0 spiro atoms. The Morgan fingerprint density at radius 1 is 1.82 bits per heavy atom. The summed E-state index contributed by atoms with van der Waals surface area (Å²) >= 11 is 5.72. The Labute approximate surface area is 73.9 Å². The Hall–Kier alpha value is -0.230. The second kappa shape index (κ2) is 3.96. The summed E-state index contributed by atoms with van der Waals surface area (Å²) in [5.41, 5.74) is 2.72. The van der Waals surface area contributed by atoms with Crippen molar-refractivity contribution in [2.45, 2.75) is 26.2 Å². The predicted octanol–water partition coefficient (Wildman–Crippen LogP) is 3.53. The second-order valence-corrected chi connectivity index (χ2v) is 3.58. The molecule has 1 aliphatic rings. The zero-order valence-electron chi connectivity index (χ0n) is 7.07. The summed E-state index contributed by atoms with van der Waals surface area (Å²) in [6, 6.07) is 0.